The van der Waals surface area contributed by atoms with Crippen molar-refractivity contribution in [3.63, 3.8) is 0 Å². The summed E-state index contributed by atoms with van der Waals surface area (Å²) in [5.74, 6) is 0.712. The number of carbonyl (C=O) groups excluding carboxylic acids is 1. The molecule has 3 heteroatoms. The molecule has 0 unspecified atom stereocenters. The van der Waals surface area contributed by atoms with Crippen LogP contribution in [0.2, 0.25) is 0 Å². The van der Waals surface area contributed by atoms with Gasteiger partial charge in [-0.3, -0.25) is 4.79 Å². The first-order valence-corrected chi connectivity index (χ1v) is 4.63. The Morgan fingerprint density at radius 3 is 2.57 bits per heavy atom. The molecule has 0 spiro atoms. The number of hydrogen-bond acceptors (Lipinski definition) is 3. The van der Waals surface area contributed by atoms with Gasteiger partial charge in [0.2, 0.25) is 0 Å². The van der Waals surface area contributed by atoms with Gasteiger partial charge in [0.1, 0.15) is 11.9 Å². The van der Waals surface area contributed by atoms with E-state index in [1.165, 1.54) is 0 Å². The zero-order chi connectivity index (χ0) is 9.97. The van der Waals surface area contributed by atoms with Crippen LogP contribution < -0.4 is 4.74 Å². The molecule has 1 aliphatic rings. The van der Waals surface area contributed by atoms with Gasteiger partial charge in [-0.2, -0.15) is 0 Å². The molecule has 1 aromatic rings. The second kappa shape index (κ2) is 3.70. The maximum absolute atomic E-state index is 10.9. The third kappa shape index (κ3) is 1.71. The summed E-state index contributed by atoms with van der Waals surface area (Å²) in [5.41, 5.74) is 1.04. The Morgan fingerprint density at radius 2 is 2.07 bits per heavy atom. The van der Waals surface area contributed by atoms with Gasteiger partial charge < -0.3 is 9.47 Å². The first-order valence-electron chi connectivity index (χ1n) is 4.63. The number of esters is 1. The van der Waals surface area contributed by atoms with E-state index >= 15 is 0 Å². The Labute approximate surface area is 82.6 Å². The van der Waals surface area contributed by atoms with Crippen molar-refractivity contribution in [3.05, 3.63) is 29.8 Å². The molecule has 1 heterocycles. The van der Waals surface area contributed by atoms with E-state index in [4.69, 9.17) is 9.47 Å². The third-order valence-electron chi connectivity index (χ3n) is 2.37. The van der Waals surface area contributed by atoms with Crippen molar-refractivity contribution >= 4 is 5.97 Å². The highest BCUT2D eigenvalue weighted by Crippen LogP contribution is 2.30. The van der Waals surface area contributed by atoms with Crippen LogP contribution in [0, 0.1) is 0 Å². The molecule has 1 aliphatic heterocycles. The Morgan fingerprint density at radius 1 is 1.36 bits per heavy atom. The maximum Gasteiger partial charge on any atom is 0.306 e. The number of carbonyl (C=O) groups is 1. The fourth-order valence-corrected chi connectivity index (χ4v) is 1.58. The van der Waals surface area contributed by atoms with E-state index in [1.807, 2.05) is 24.3 Å². The largest absolute Gasteiger partial charge is 0.497 e. The SMILES string of the molecule is COc1ccc([C@H]2CCC(=O)O2)cc1. The van der Waals surface area contributed by atoms with E-state index in [0.29, 0.717) is 6.42 Å². The van der Waals surface area contributed by atoms with E-state index in [1.54, 1.807) is 7.11 Å². The summed E-state index contributed by atoms with van der Waals surface area (Å²) in [5, 5.41) is 0. The molecule has 0 bridgehead atoms. The summed E-state index contributed by atoms with van der Waals surface area (Å²) in [6.45, 7) is 0. The van der Waals surface area contributed by atoms with Gasteiger partial charge in [-0.15, -0.1) is 0 Å². The van der Waals surface area contributed by atoms with Crippen LogP contribution in [0.3, 0.4) is 0 Å². The highest BCUT2D eigenvalue weighted by atomic mass is 16.5. The number of cyclic esters (lactones) is 1. The standard InChI is InChI=1S/C11H12O3/c1-13-9-4-2-8(3-5-9)10-6-7-11(12)14-10/h2-5,10H,6-7H2,1H3/t10-/m1/s1. The molecule has 0 aliphatic carbocycles. The lowest BCUT2D eigenvalue weighted by Gasteiger charge is -2.09. The summed E-state index contributed by atoms with van der Waals surface area (Å²) in [6, 6.07) is 7.62. The third-order valence-corrected chi connectivity index (χ3v) is 2.37. The van der Waals surface area contributed by atoms with Crippen LogP contribution in [0.15, 0.2) is 24.3 Å². The first kappa shape index (κ1) is 9.06. The van der Waals surface area contributed by atoms with Crippen molar-refractivity contribution in [1.29, 1.82) is 0 Å². The lowest BCUT2D eigenvalue weighted by atomic mass is 10.1. The Bertz CT molecular complexity index is 329. The minimum Gasteiger partial charge on any atom is -0.497 e. The molecule has 1 aromatic carbocycles. The molecule has 0 aromatic heterocycles. The zero-order valence-electron chi connectivity index (χ0n) is 8.03. The molecule has 0 N–H and O–H groups in total. The second-order valence-corrected chi connectivity index (χ2v) is 3.29. The minimum absolute atomic E-state index is 0.0617. The van der Waals surface area contributed by atoms with Crippen molar-refractivity contribution in [3.8, 4) is 5.75 Å². The fraction of sp³-hybridized carbons (Fsp3) is 0.364. The Balaban J connectivity index is 2.13. The van der Waals surface area contributed by atoms with Crippen LogP contribution in [0.5, 0.6) is 5.75 Å². The van der Waals surface area contributed by atoms with Gasteiger partial charge in [-0.1, -0.05) is 12.1 Å². The molecule has 1 fully saturated rings. The molecular weight excluding hydrogens is 180 g/mol. The summed E-state index contributed by atoms with van der Waals surface area (Å²) >= 11 is 0. The smallest absolute Gasteiger partial charge is 0.306 e. The second-order valence-electron chi connectivity index (χ2n) is 3.29. The quantitative estimate of drug-likeness (QED) is 0.673. The fourth-order valence-electron chi connectivity index (χ4n) is 1.58. The summed E-state index contributed by atoms with van der Waals surface area (Å²) in [6.07, 6.45) is 1.25. The maximum atomic E-state index is 10.9. The van der Waals surface area contributed by atoms with Crippen LogP contribution in [-0.2, 0) is 9.53 Å². The summed E-state index contributed by atoms with van der Waals surface area (Å²) in [7, 11) is 1.63. The van der Waals surface area contributed by atoms with Crippen molar-refractivity contribution < 1.29 is 14.3 Å². The molecule has 1 saturated heterocycles. The Hall–Kier alpha value is -1.51. The van der Waals surface area contributed by atoms with E-state index in [2.05, 4.69) is 0 Å². The molecule has 0 saturated carbocycles. The van der Waals surface area contributed by atoms with E-state index in [0.717, 1.165) is 17.7 Å². The summed E-state index contributed by atoms with van der Waals surface area (Å²) < 4.78 is 10.2. The van der Waals surface area contributed by atoms with Crippen LogP contribution >= 0.6 is 0 Å². The highest BCUT2D eigenvalue weighted by Gasteiger charge is 2.24. The molecule has 74 valence electrons. The van der Waals surface area contributed by atoms with Crippen molar-refractivity contribution in [2.24, 2.45) is 0 Å². The van der Waals surface area contributed by atoms with Crippen molar-refractivity contribution in [2.75, 3.05) is 7.11 Å². The molecule has 3 nitrogen and oxygen atoms in total. The normalized spacial score (nSPS) is 20.6. The number of methoxy groups -OCH3 is 1. The van der Waals surface area contributed by atoms with E-state index in [9.17, 15) is 4.79 Å². The lowest BCUT2D eigenvalue weighted by molar-refractivity contribution is -0.141. The van der Waals surface area contributed by atoms with E-state index in [-0.39, 0.29) is 12.1 Å². The predicted octanol–water partition coefficient (Wildman–Crippen LogP) is 2.07. The van der Waals surface area contributed by atoms with Gasteiger partial charge in [0.15, 0.2) is 0 Å². The monoisotopic (exact) mass is 192 g/mol. The summed E-state index contributed by atoms with van der Waals surface area (Å²) in [4.78, 5) is 10.9. The zero-order valence-corrected chi connectivity index (χ0v) is 8.03. The molecule has 0 amide bonds. The number of ether oxygens (including phenoxy) is 2. The van der Waals surface area contributed by atoms with E-state index < -0.39 is 0 Å². The average Bonchev–Trinajstić information content (AvgIpc) is 2.65. The number of rotatable bonds is 2. The van der Waals surface area contributed by atoms with Gasteiger partial charge in [0, 0.05) is 6.42 Å². The molecular formula is C11H12O3. The first-order chi connectivity index (χ1) is 6.79. The minimum atomic E-state index is -0.106. The number of hydrogen-bond donors (Lipinski definition) is 0. The highest BCUT2D eigenvalue weighted by molar-refractivity contribution is 5.71. The molecule has 14 heavy (non-hydrogen) atoms. The predicted molar refractivity (Wildman–Crippen MR) is 51.1 cm³/mol. The number of benzene rings is 1. The van der Waals surface area contributed by atoms with Gasteiger partial charge >= 0.3 is 5.97 Å². The lowest BCUT2D eigenvalue weighted by Crippen LogP contribution is -1.98. The van der Waals surface area contributed by atoms with Gasteiger partial charge in [-0.25, -0.2) is 0 Å². The molecule has 2 rings (SSSR count). The van der Waals surface area contributed by atoms with Crippen LogP contribution in [0.1, 0.15) is 24.5 Å². The van der Waals surface area contributed by atoms with Crippen molar-refractivity contribution in [2.45, 2.75) is 18.9 Å². The van der Waals surface area contributed by atoms with Crippen LogP contribution in [0.4, 0.5) is 0 Å². The van der Waals surface area contributed by atoms with Gasteiger partial charge in [-0.05, 0) is 24.1 Å². The Kier molecular flexibility index (Phi) is 2.39. The van der Waals surface area contributed by atoms with Crippen molar-refractivity contribution in [1.82, 2.24) is 0 Å². The van der Waals surface area contributed by atoms with Crippen LogP contribution in [-0.4, -0.2) is 13.1 Å². The van der Waals surface area contributed by atoms with Crippen LogP contribution in [0.25, 0.3) is 0 Å². The molecule has 0 radical (unpaired) electrons. The molecule has 1 atom stereocenters. The topological polar surface area (TPSA) is 35.5 Å². The van der Waals surface area contributed by atoms with Gasteiger partial charge in [0.25, 0.3) is 0 Å². The average molecular weight is 192 g/mol. The van der Waals surface area contributed by atoms with Gasteiger partial charge in [0.05, 0.1) is 7.11 Å².